The number of anilines is 2. The maximum absolute atomic E-state index is 13.1. The first-order chi connectivity index (χ1) is 15.6. The van der Waals surface area contributed by atoms with Gasteiger partial charge in [-0.3, -0.25) is 14.7 Å². The molecule has 1 atom stereocenters. The highest BCUT2D eigenvalue weighted by atomic mass is 16.5. The lowest BCUT2D eigenvalue weighted by atomic mass is 10.0. The predicted molar refractivity (Wildman–Crippen MR) is 128 cm³/mol. The number of piperidine rings is 1. The van der Waals surface area contributed by atoms with E-state index in [1.54, 1.807) is 17.3 Å². The van der Waals surface area contributed by atoms with Crippen LogP contribution in [0.25, 0.3) is 0 Å². The van der Waals surface area contributed by atoms with E-state index in [2.05, 4.69) is 29.0 Å². The summed E-state index contributed by atoms with van der Waals surface area (Å²) in [5, 5.41) is 3.19. The van der Waals surface area contributed by atoms with Crippen molar-refractivity contribution in [2.24, 2.45) is 11.8 Å². The lowest BCUT2D eigenvalue weighted by molar-refractivity contribution is -0.123. The average Bonchev–Trinajstić information content (AvgIpc) is 2.76. The number of aromatic nitrogens is 1. The number of carbonyl (C=O) groups excluding carboxylic acids is 1. The molecule has 1 aromatic carbocycles. The normalized spacial score (nSPS) is 18.7. The molecule has 1 amide bonds. The summed E-state index contributed by atoms with van der Waals surface area (Å²) in [6, 6.07) is 11.7. The van der Waals surface area contributed by atoms with E-state index < -0.39 is 0 Å². The van der Waals surface area contributed by atoms with E-state index in [9.17, 15) is 4.79 Å². The minimum Gasteiger partial charge on any atom is -0.490 e. The predicted octanol–water partition coefficient (Wildman–Crippen LogP) is 4.25. The number of pyridine rings is 1. The number of nitrogens with zero attached hydrogens (tertiary/aromatic N) is 3. The minimum absolute atomic E-state index is 0.0105. The van der Waals surface area contributed by atoms with Crippen LogP contribution in [-0.4, -0.2) is 54.6 Å². The summed E-state index contributed by atoms with van der Waals surface area (Å²) in [6.45, 7) is 9.49. The third kappa shape index (κ3) is 5.67. The van der Waals surface area contributed by atoms with Crippen molar-refractivity contribution in [3.63, 3.8) is 0 Å². The molecule has 0 bridgehead atoms. The molecule has 2 aliphatic heterocycles. The zero-order chi connectivity index (χ0) is 22.3. The number of amides is 1. The van der Waals surface area contributed by atoms with Gasteiger partial charge in [0.05, 0.1) is 17.8 Å². The van der Waals surface area contributed by atoms with Crippen LogP contribution >= 0.6 is 0 Å². The van der Waals surface area contributed by atoms with Crippen molar-refractivity contribution in [2.45, 2.75) is 45.6 Å². The molecule has 32 heavy (non-hydrogen) atoms. The Morgan fingerprint density at radius 3 is 2.53 bits per heavy atom. The van der Waals surface area contributed by atoms with Crippen LogP contribution in [0.1, 0.15) is 39.5 Å². The summed E-state index contributed by atoms with van der Waals surface area (Å²) in [5.74, 6) is 1.76. The molecule has 1 N–H and O–H groups in total. The van der Waals surface area contributed by atoms with Crippen molar-refractivity contribution in [3.05, 3.63) is 48.8 Å². The number of nitrogens with one attached hydrogen (secondary N) is 1. The molecule has 6 heteroatoms. The van der Waals surface area contributed by atoms with Gasteiger partial charge in [0.15, 0.2) is 0 Å². The molecule has 0 aliphatic carbocycles. The summed E-state index contributed by atoms with van der Waals surface area (Å²) in [6.07, 6.45) is 8.42. The van der Waals surface area contributed by atoms with E-state index in [-0.39, 0.29) is 17.9 Å². The molecular formula is C26H36N4O2. The molecule has 3 heterocycles. The van der Waals surface area contributed by atoms with Crippen LogP contribution in [0.4, 0.5) is 11.4 Å². The molecule has 0 spiro atoms. The Hall–Kier alpha value is -2.44. The van der Waals surface area contributed by atoms with E-state index in [1.165, 1.54) is 19.4 Å². The SMILES string of the molecule is CCCC(C)CN1CCC(Oc2ccc(N(C(=O)C3CNC3)c3cccnc3)cc2)CC1. The van der Waals surface area contributed by atoms with Crippen molar-refractivity contribution >= 4 is 17.3 Å². The van der Waals surface area contributed by atoms with Crippen molar-refractivity contribution in [3.8, 4) is 5.75 Å². The van der Waals surface area contributed by atoms with Gasteiger partial charge in [-0.25, -0.2) is 0 Å². The van der Waals surface area contributed by atoms with Gasteiger partial charge in [-0.1, -0.05) is 20.3 Å². The molecule has 1 aromatic heterocycles. The van der Waals surface area contributed by atoms with Crippen LogP contribution in [0.5, 0.6) is 5.75 Å². The molecule has 2 aromatic rings. The Balaban J connectivity index is 1.36. The van der Waals surface area contributed by atoms with Crippen LogP contribution in [0.15, 0.2) is 48.8 Å². The first-order valence-corrected chi connectivity index (χ1v) is 12.1. The van der Waals surface area contributed by atoms with E-state index in [1.807, 2.05) is 36.4 Å². The first kappa shape index (κ1) is 22.7. The second kappa shape index (κ2) is 10.9. The molecule has 1 unspecified atom stereocenters. The zero-order valence-electron chi connectivity index (χ0n) is 19.4. The van der Waals surface area contributed by atoms with Crippen LogP contribution in [0.2, 0.25) is 0 Å². The number of benzene rings is 1. The van der Waals surface area contributed by atoms with Gasteiger partial charge in [0, 0.05) is 44.6 Å². The van der Waals surface area contributed by atoms with Gasteiger partial charge in [0.25, 0.3) is 0 Å². The van der Waals surface area contributed by atoms with Crippen molar-refractivity contribution in [1.29, 1.82) is 0 Å². The Morgan fingerprint density at radius 1 is 1.19 bits per heavy atom. The quantitative estimate of drug-likeness (QED) is 0.637. The number of rotatable bonds is 9. The number of hydrogen-bond donors (Lipinski definition) is 1. The lowest BCUT2D eigenvalue weighted by Crippen LogP contribution is -2.51. The Kier molecular flexibility index (Phi) is 7.76. The number of ether oxygens (including phenoxy) is 1. The molecule has 2 aliphatic rings. The molecule has 2 fully saturated rings. The number of hydrogen-bond acceptors (Lipinski definition) is 5. The number of carbonyl (C=O) groups is 1. The highest BCUT2D eigenvalue weighted by Gasteiger charge is 2.31. The highest BCUT2D eigenvalue weighted by Crippen LogP contribution is 2.30. The van der Waals surface area contributed by atoms with Gasteiger partial charge in [0.2, 0.25) is 5.91 Å². The Morgan fingerprint density at radius 2 is 1.94 bits per heavy atom. The fourth-order valence-corrected chi connectivity index (χ4v) is 4.64. The summed E-state index contributed by atoms with van der Waals surface area (Å²) < 4.78 is 6.28. The van der Waals surface area contributed by atoms with Crippen molar-refractivity contribution in [1.82, 2.24) is 15.2 Å². The van der Waals surface area contributed by atoms with Crippen molar-refractivity contribution < 1.29 is 9.53 Å². The van der Waals surface area contributed by atoms with Crippen LogP contribution in [-0.2, 0) is 4.79 Å². The monoisotopic (exact) mass is 436 g/mol. The molecule has 0 radical (unpaired) electrons. The maximum Gasteiger partial charge on any atom is 0.237 e. The van der Waals surface area contributed by atoms with Gasteiger partial charge < -0.3 is 15.0 Å². The molecule has 172 valence electrons. The number of likely N-dealkylation sites (tertiary alicyclic amines) is 1. The van der Waals surface area contributed by atoms with E-state index in [4.69, 9.17) is 4.74 Å². The van der Waals surface area contributed by atoms with E-state index in [0.717, 1.165) is 62.1 Å². The molecule has 0 saturated carbocycles. The zero-order valence-corrected chi connectivity index (χ0v) is 19.4. The molecule has 2 saturated heterocycles. The second-order valence-electron chi connectivity index (χ2n) is 9.25. The third-order valence-corrected chi connectivity index (χ3v) is 6.54. The van der Waals surface area contributed by atoms with Crippen LogP contribution in [0.3, 0.4) is 0 Å². The summed E-state index contributed by atoms with van der Waals surface area (Å²) in [4.78, 5) is 21.7. The average molecular weight is 437 g/mol. The largest absolute Gasteiger partial charge is 0.490 e. The topological polar surface area (TPSA) is 57.7 Å². The van der Waals surface area contributed by atoms with Gasteiger partial charge in [-0.15, -0.1) is 0 Å². The molecular weight excluding hydrogens is 400 g/mol. The fourth-order valence-electron chi connectivity index (χ4n) is 4.64. The van der Waals surface area contributed by atoms with Crippen LogP contribution < -0.4 is 15.0 Å². The maximum atomic E-state index is 13.1. The molecule has 6 nitrogen and oxygen atoms in total. The van der Waals surface area contributed by atoms with Gasteiger partial charge in [0.1, 0.15) is 11.9 Å². The van der Waals surface area contributed by atoms with E-state index >= 15 is 0 Å². The summed E-state index contributed by atoms with van der Waals surface area (Å²) >= 11 is 0. The fraction of sp³-hybridized carbons (Fsp3) is 0.538. The van der Waals surface area contributed by atoms with Gasteiger partial charge in [-0.05, 0) is 61.6 Å². The Bertz CT molecular complexity index is 846. The van der Waals surface area contributed by atoms with E-state index in [0.29, 0.717) is 0 Å². The van der Waals surface area contributed by atoms with Crippen LogP contribution in [0, 0.1) is 11.8 Å². The third-order valence-electron chi connectivity index (χ3n) is 6.54. The standard InChI is InChI=1S/C26H36N4O2/c1-3-5-20(2)19-29-14-11-25(12-15-29)32-24-9-7-22(8-10-24)30(23-6-4-13-27-18-23)26(31)21-16-28-17-21/h4,6-10,13,18,20-21,25,28H,3,5,11-12,14-17,19H2,1-2H3. The van der Waals surface area contributed by atoms with Crippen molar-refractivity contribution in [2.75, 3.05) is 37.6 Å². The second-order valence-corrected chi connectivity index (χ2v) is 9.25. The lowest BCUT2D eigenvalue weighted by Gasteiger charge is -2.34. The van der Waals surface area contributed by atoms with Gasteiger partial charge >= 0.3 is 0 Å². The minimum atomic E-state index is 0.0105. The Labute approximate surface area is 192 Å². The van der Waals surface area contributed by atoms with Gasteiger partial charge in [-0.2, -0.15) is 0 Å². The summed E-state index contributed by atoms with van der Waals surface area (Å²) in [7, 11) is 0. The molecule has 4 rings (SSSR count). The first-order valence-electron chi connectivity index (χ1n) is 12.1. The highest BCUT2D eigenvalue weighted by molar-refractivity contribution is 6.02. The summed E-state index contributed by atoms with van der Waals surface area (Å²) in [5.41, 5.74) is 1.64. The smallest absolute Gasteiger partial charge is 0.237 e.